The molecule has 1 aromatic carbocycles. The number of benzene rings is 1. The standard InChI is InChI=1S/C11H13N3O/c1-7(2)12-10-11(15)14-9-6-4-3-5-8(9)13-10/h3-7H,1-2H3,(H,12,13)(H,14,15). The molecule has 0 unspecified atom stereocenters. The van der Waals surface area contributed by atoms with Gasteiger partial charge in [0, 0.05) is 6.04 Å². The highest BCUT2D eigenvalue weighted by atomic mass is 16.1. The quantitative estimate of drug-likeness (QED) is 0.781. The molecule has 78 valence electrons. The van der Waals surface area contributed by atoms with Crippen molar-refractivity contribution in [3.05, 3.63) is 34.6 Å². The van der Waals surface area contributed by atoms with Gasteiger partial charge in [0.1, 0.15) is 0 Å². The maximum Gasteiger partial charge on any atom is 0.291 e. The largest absolute Gasteiger partial charge is 0.363 e. The van der Waals surface area contributed by atoms with Gasteiger partial charge in [0.15, 0.2) is 5.82 Å². The van der Waals surface area contributed by atoms with Crippen molar-refractivity contribution in [2.45, 2.75) is 19.9 Å². The number of fused-ring (bicyclic) bond motifs is 1. The Balaban J connectivity index is 2.57. The third-order valence-corrected chi connectivity index (χ3v) is 2.02. The second kappa shape index (κ2) is 3.73. The van der Waals surface area contributed by atoms with Gasteiger partial charge in [-0.05, 0) is 26.0 Å². The van der Waals surface area contributed by atoms with Crippen LogP contribution in [0.3, 0.4) is 0 Å². The van der Waals surface area contributed by atoms with E-state index in [0.717, 1.165) is 11.0 Å². The second-order valence-corrected chi connectivity index (χ2v) is 3.73. The van der Waals surface area contributed by atoms with E-state index < -0.39 is 0 Å². The van der Waals surface area contributed by atoms with Gasteiger partial charge in [0.05, 0.1) is 11.0 Å². The van der Waals surface area contributed by atoms with Gasteiger partial charge in [0.25, 0.3) is 5.56 Å². The first-order chi connectivity index (χ1) is 7.16. The van der Waals surface area contributed by atoms with Crippen molar-refractivity contribution < 1.29 is 0 Å². The van der Waals surface area contributed by atoms with Crippen molar-refractivity contribution in [1.29, 1.82) is 0 Å². The Kier molecular flexibility index (Phi) is 2.41. The molecule has 0 aliphatic carbocycles. The average molecular weight is 203 g/mol. The Bertz CT molecular complexity index is 531. The summed E-state index contributed by atoms with van der Waals surface area (Å²) in [5, 5.41) is 3.01. The average Bonchev–Trinajstić information content (AvgIpc) is 2.18. The van der Waals surface area contributed by atoms with E-state index >= 15 is 0 Å². The third-order valence-electron chi connectivity index (χ3n) is 2.02. The second-order valence-electron chi connectivity index (χ2n) is 3.73. The smallest absolute Gasteiger partial charge is 0.291 e. The molecule has 2 N–H and O–H groups in total. The first-order valence-electron chi connectivity index (χ1n) is 4.92. The van der Waals surface area contributed by atoms with Gasteiger partial charge in [-0.25, -0.2) is 4.98 Å². The van der Waals surface area contributed by atoms with Gasteiger partial charge < -0.3 is 10.3 Å². The lowest BCUT2D eigenvalue weighted by atomic mass is 10.3. The molecule has 0 fully saturated rings. The van der Waals surface area contributed by atoms with Gasteiger partial charge >= 0.3 is 0 Å². The highest BCUT2D eigenvalue weighted by molar-refractivity contribution is 5.75. The normalized spacial score (nSPS) is 10.9. The summed E-state index contributed by atoms with van der Waals surface area (Å²) in [4.78, 5) is 18.6. The van der Waals surface area contributed by atoms with E-state index in [1.165, 1.54) is 0 Å². The van der Waals surface area contributed by atoms with Crippen LogP contribution in [0.1, 0.15) is 13.8 Å². The van der Waals surface area contributed by atoms with Crippen LogP contribution in [0.5, 0.6) is 0 Å². The zero-order valence-electron chi connectivity index (χ0n) is 8.74. The molecular formula is C11H13N3O. The highest BCUT2D eigenvalue weighted by Crippen LogP contribution is 2.08. The predicted octanol–water partition coefficient (Wildman–Crippen LogP) is 1.74. The summed E-state index contributed by atoms with van der Waals surface area (Å²) in [6.45, 7) is 3.94. The molecule has 1 aromatic heterocycles. The summed E-state index contributed by atoms with van der Waals surface area (Å²) in [5.74, 6) is 0.378. The first-order valence-corrected chi connectivity index (χ1v) is 4.92. The van der Waals surface area contributed by atoms with E-state index in [0.29, 0.717) is 5.82 Å². The summed E-state index contributed by atoms with van der Waals surface area (Å²) in [7, 11) is 0. The van der Waals surface area contributed by atoms with Crippen LogP contribution < -0.4 is 10.9 Å². The highest BCUT2D eigenvalue weighted by Gasteiger charge is 2.04. The zero-order chi connectivity index (χ0) is 10.8. The molecule has 0 spiro atoms. The number of hydrogen-bond acceptors (Lipinski definition) is 3. The fraction of sp³-hybridized carbons (Fsp3) is 0.273. The molecular weight excluding hydrogens is 190 g/mol. The minimum absolute atomic E-state index is 0.178. The number of anilines is 1. The molecule has 0 amide bonds. The molecule has 15 heavy (non-hydrogen) atoms. The van der Waals surface area contributed by atoms with E-state index in [9.17, 15) is 4.79 Å². The summed E-state index contributed by atoms with van der Waals surface area (Å²) in [6.07, 6.45) is 0. The van der Waals surface area contributed by atoms with Gasteiger partial charge in [0.2, 0.25) is 0 Å². The maximum atomic E-state index is 11.6. The lowest BCUT2D eigenvalue weighted by Crippen LogP contribution is -2.20. The maximum absolute atomic E-state index is 11.6. The molecule has 0 aliphatic heterocycles. The molecule has 0 bridgehead atoms. The number of H-pyrrole nitrogens is 1. The van der Waals surface area contributed by atoms with Gasteiger partial charge in [-0.2, -0.15) is 0 Å². The first kappa shape index (κ1) is 9.71. The summed E-state index contributed by atoms with van der Waals surface area (Å²) in [5.41, 5.74) is 1.37. The Morgan fingerprint density at radius 1 is 1.33 bits per heavy atom. The van der Waals surface area contributed by atoms with Crippen molar-refractivity contribution >= 4 is 16.9 Å². The zero-order valence-corrected chi connectivity index (χ0v) is 8.74. The summed E-state index contributed by atoms with van der Waals surface area (Å²) >= 11 is 0. The van der Waals surface area contributed by atoms with Crippen molar-refractivity contribution in [2.24, 2.45) is 0 Å². The number of aromatic nitrogens is 2. The summed E-state index contributed by atoms with van der Waals surface area (Å²) < 4.78 is 0. The molecule has 4 heteroatoms. The van der Waals surface area contributed by atoms with Crippen LogP contribution in [-0.4, -0.2) is 16.0 Å². The van der Waals surface area contributed by atoms with Crippen molar-refractivity contribution in [2.75, 3.05) is 5.32 Å². The Hall–Kier alpha value is -1.84. The molecule has 2 rings (SSSR count). The summed E-state index contributed by atoms with van der Waals surface area (Å²) in [6, 6.07) is 7.67. The Morgan fingerprint density at radius 2 is 2.07 bits per heavy atom. The van der Waals surface area contributed by atoms with E-state index in [4.69, 9.17) is 0 Å². The molecule has 1 heterocycles. The number of para-hydroxylation sites is 2. The topological polar surface area (TPSA) is 57.8 Å². The monoisotopic (exact) mass is 203 g/mol. The number of rotatable bonds is 2. The molecule has 0 atom stereocenters. The molecule has 0 saturated heterocycles. The van der Waals surface area contributed by atoms with Gasteiger partial charge in [-0.3, -0.25) is 4.79 Å². The lowest BCUT2D eigenvalue weighted by Gasteiger charge is -2.08. The minimum atomic E-state index is -0.178. The van der Waals surface area contributed by atoms with Crippen LogP contribution in [0.15, 0.2) is 29.1 Å². The van der Waals surface area contributed by atoms with Gasteiger partial charge in [-0.1, -0.05) is 12.1 Å². The van der Waals surface area contributed by atoms with Gasteiger partial charge in [-0.15, -0.1) is 0 Å². The number of nitrogens with one attached hydrogen (secondary N) is 2. The van der Waals surface area contributed by atoms with Crippen molar-refractivity contribution in [1.82, 2.24) is 9.97 Å². The van der Waals surface area contributed by atoms with Crippen LogP contribution in [0.2, 0.25) is 0 Å². The predicted molar refractivity (Wildman–Crippen MR) is 61.1 cm³/mol. The fourth-order valence-corrected chi connectivity index (χ4v) is 1.40. The van der Waals surface area contributed by atoms with Crippen LogP contribution in [0, 0.1) is 0 Å². The van der Waals surface area contributed by atoms with E-state index in [-0.39, 0.29) is 11.6 Å². The van der Waals surface area contributed by atoms with E-state index in [1.807, 2.05) is 38.1 Å². The van der Waals surface area contributed by atoms with E-state index in [2.05, 4.69) is 15.3 Å². The fourth-order valence-electron chi connectivity index (χ4n) is 1.40. The van der Waals surface area contributed by atoms with Crippen molar-refractivity contribution in [3.8, 4) is 0 Å². The number of hydrogen-bond donors (Lipinski definition) is 2. The SMILES string of the molecule is CC(C)Nc1nc2ccccc2[nH]c1=O. The Morgan fingerprint density at radius 3 is 2.80 bits per heavy atom. The number of aromatic amines is 1. The minimum Gasteiger partial charge on any atom is -0.363 e. The van der Waals surface area contributed by atoms with Crippen LogP contribution in [0.4, 0.5) is 5.82 Å². The van der Waals surface area contributed by atoms with Crippen molar-refractivity contribution in [3.63, 3.8) is 0 Å². The molecule has 0 saturated carbocycles. The van der Waals surface area contributed by atoms with Crippen LogP contribution >= 0.6 is 0 Å². The molecule has 0 aliphatic rings. The lowest BCUT2D eigenvalue weighted by molar-refractivity contribution is 0.884. The van der Waals surface area contributed by atoms with Crippen LogP contribution in [0.25, 0.3) is 11.0 Å². The number of nitrogens with zero attached hydrogens (tertiary/aromatic N) is 1. The van der Waals surface area contributed by atoms with Crippen LogP contribution in [-0.2, 0) is 0 Å². The molecule has 0 radical (unpaired) electrons. The van der Waals surface area contributed by atoms with E-state index in [1.54, 1.807) is 0 Å². The molecule has 4 nitrogen and oxygen atoms in total. The third kappa shape index (κ3) is 1.98. The molecule has 2 aromatic rings. The Labute approximate surface area is 87.4 Å².